The number of anilines is 3. The number of azide groups is 1. The summed E-state index contributed by atoms with van der Waals surface area (Å²) in [5.41, 5.74) is 20.2. The molecule has 0 spiro atoms. The van der Waals surface area contributed by atoms with Gasteiger partial charge >= 0.3 is 11.9 Å². The van der Waals surface area contributed by atoms with Crippen LogP contribution in [0.3, 0.4) is 0 Å². The topological polar surface area (TPSA) is 200 Å². The van der Waals surface area contributed by atoms with E-state index in [1.54, 1.807) is 42.4 Å². The Morgan fingerprint density at radius 1 is 0.904 bits per heavy atom. The second-order valence-electron chi connectivity index (χ2n) is 12.6. The third kappa shape index (κ3) is 10.7. The first-order chi connectivity index (χ1) is 25.1. The molecule has 3 aliphatic rings. The fourth-order valence-electron chi connectivity index (χ4n) is 4.87. The summed E-state index contributed by atoms with van der Waals surface area (Å²) in [6, 6.07) is 17.3. The van der Waals surface area contributed by atoms with Gasteiger partial charge in [0.1, 0.15) is 11.6 Å². The Morgan fingerprint density at radius 3 is 2.02 bits per heavy atom. The van der Waals surface area contributed by atoms with Crippen molar-refractivity contribution in [1.82, 2.24) is 20.9 Å². The van der Waals surface area contributed by atoms with Crippen LogP contribution < -0.4 is 26.6 Å². The van der Waals surface area contributed by atoms with Gasteiger partial charge in [0.2, 0.25) is 0 Å². The van der Waals surface area contributed by atoms with Crippen molar-refractivity contribution in [2.24, 2.45) is 17.0 Å². The first-order valence-corrected chi connectivity index (χ1v) is 16.8. The fraction of sp³-hybridized carbons (Fsp3) is 0.263. The van der Waals surface area contributed by atoms with Crippen LogP contribution in [0.4, 0.5) is 23.0 Å². The number of hydrogen-bond donors (Lipinski definition) is 6. The molecule has 1 aliphatic heterocycles. The molecule has 7 rings (SSSR count). The number of rotatable bonds is 11. The molecule has 0 unspecified atom stereocenters. The number of carbonyl (C=O) groups is 2. The van der Waals surface area contributed by atoms with E-state index in [4.69, 9.17) is 17.1 Å². The van der Waals surface area contributed by atoms with E-state index in [-0.39, 0.29) is 11.1 Å². The van der Waals surface area contributed by atoms with E-state index in [0.717, 1.165) is 70.2 Å². The number of hydrazine groups is 2. The molecule has 2 aliphatic carbocycles. The number of aromatic carboxylic acids is 2. The molecule has 3 heterocycles. The monoisotopic (exact) mass is 700 g/mol. The first kappa shape index (κ1) is 36.7. The molecule has 6 N–H and O–H groups in total. The van der Waals surface area contributed by atoms with E-state index in [0.29, 0.717) is 5.69 Å². The van der Waals surface area contributed by atoms with Crippen molar-refractivity contribution in [1.29, 1.82) is 0 Å². The van der Waals surface area contributed by atoms with Gasteiger partial charge in [0.25, 0.3) is 0 Å². The van der Waals surface area contributed by atoms with Crippen molar-refractivity contribution < 1.29 is 19.8 Å². The number of benzene rings is 2. The summed E-state index contributed by atoms with van der Waals surface area (Å²) < 4.78 is 0. The number of aryl methyl sites for hydroxylation is 2. The average molecular weight is 701 g/mol. The zero-order valence-corrected chi connectivity index (χ0v) is 28.9. The predicted octanol–water partition coefficient (Wildman–Crippen LogP) is 7.26. The molecule has 2 aromatic heterocycles. The van der Waals surface area contributed by atoms with Gasteiger partial charge in [-0.2, -0.15) is 0 Å². The average Bonchev–Trinajstić information content (AvgIpc) is 4.10. The van der Waals surface area contributed by atoms with Gasteiger partial charge in [0.15, 0.2) is 0 Å². The number of carboxylic acid groups (broad SMARTS) is 2. The van der Waals surface area contributed by atoms with Crippen LogP contribution in [0.2, 0.25) is 0 Å². The molecule has 2 aromatic carbocycles. The number of hydrogen-bond acceptors (Lipinski definition) is 10. The lowest BCUT2D eigenvalue weighted by Crippen LogP contribution is -2.36. The summed E-state index contributed by atoms with van der Waals surface area (Å²) in [6.07, 6.45) is 16.0. The number of nitrogens with zero attached hydrogens (tertiary/aromatic N) is 6. The molecule has 2 fully saturated rings. The third-order valence-corrected chi connectivity index (χ3v) is 8.44. The van der Waals surface area contributed by atoms with E-state index >= 15 is 0 Å². The van der Waals surface area contributed by atoms with Crippen molar-refractivity contribution in [3.63, 3.8) is 0 Å². The van der Waals surface area contributed by atoms with Crippen LogP contribution in [0.15, 0.2) is 84.4 Å². The highest BCUT2D eigenvalue weighted by molar-refractivity contribution is 5.90. The fourth-order valence-corrected chi connectivity index (χ4v) is 4.87. The van der Waals surface area contributed by atoms with Crippen LogP contribution >= 0.6 is 0 Å². The molecule has 4 aromatic rings. The minimum absolute atomic E-state index is 0.119. The normalized spacial score (nSPS) is 14.1. The highest BCUT2D eigenvalue weighted by Gasteiger charge is 2.22. The highest BCUT2D eigenvalue weighted by Crippen LogP contribution is 2.30. The Labute approximate surface area is 301 Å². The van der Waals surface area contributed by atoms with E-state index in [9.17, 15) is 14.7 Å². The Morgan fingerprint density at radius 2 is 1.50 bits per heavy atom. The quantitative estimate of drug-likeness (QED) is 0.0398. The number of aromatic nitrogens is 2. The summed E-state index contributed by atoms with van der Waals surface area (Å²) >= 11 is 0. The molecular weight excluding hydrogens is 660 g/mol. The Balaban J connectivity index is 0.000000169. The van der Waals surface area contributed by atoms with Crippen LogP contribution in [0, 0.1) is 38.0 Å². The van der Waals surface area contributed by atoms with Crippen LogP contribution in [0.5, 0.6) is 0 Å². The number of pyridine rings is 2. The maximum Gasteiger partial charge on any atom is 0.335 e. The zero-order valence-electron chi connectivity index (χ0n) is 28.9. The van der Waals surface area contributed by atoms with Crippen LogP contribution in [0.25, 0.3) is 16.1 Å². The summed E-state index contributed by atoms with van der Waals surface area (Å²) in [7, 11) is 0. The van der Waals surface area contributed by atoms with Crippen molar-refractivity contribution in [3.8, 4) is 12.3 Å². The van der Waals surface area contributed by atoms with E-state index in [1.165, 1.54) is 37.8 Å². The molecule has 52 heavy (non-hydrogen) atoms. The van der Waals surface area contributed by atoms with Crippen LogP contribution in [-0.4, -0.2) is 45.2 Å². The summed E-state index contributed by atoms with van der Waals surface area (Å²) in [6.45, 7) is 5.72. The zero-order chi connectivity index (χ0) is 37.0. The standard InChI is InChI=1S/C19H21N5O2.C11H12N2.C8H7N3O2/c1-12-2-5-14(19(25)26)8-17(12)24-11-16(22-23-24)15-6-7-18(21-10-15)20-9-13-3-4-13;1-2-9-5-6-11(12-7-9)13-8-10-3-4-10;1-5-2-3-6(8(12)13)4-7(5)10-11-9/h2,5-8,10-11,13,22-23H,3-4,9H2,1H3,(H,20,21)(H,25,26);1,5-7,10H,3-4,8H2,(H,12,13);2-4H,1H3,(H,12,13). The minimum Gasteiger partial charge on any atom is -0.478 e. The van der Waals surface area contributed by atoms with Gasteiger partial charge in [-0.15, -0.1) is 12.0 Å². The second kappa shape index (κ2) is 17.4. The van der Waals surface area contributed by atoms with Gasteiger partial charge in [0.05, 0.1) is 22.5 Å². The lowest BCUT2D eigenvalue weighted by molar-refractivity contribution is 0.0686. The largest absolute Gasteiger partial charge is 0.478 e. The molecular formula is C38H40N10O4. The summed E-state index contributed by atoms with van der Waals surface area (Å²) in [4.78, 5) is 33.0. The number of carboxylic acids is 2. The Kier molecular flexibility index (Phi) is 12.3. The molecule has 14 heteroatoms. The Hall–Kier alpha value is -6.55. The van der Waals surface area contributed by atoms with E-state index < -0.39 is 11.9 Å². The first-order valence-electron chi connectivity index (χ1n) is 16.8. The molecule has 0 bridgehead atoms. The number of terminal acetylenes is 1. The molecule has 0 saturated heterocycles. The molecule has 14 nitrogen and oxygen atoms in total. The maximum absolute atomic E-state index is 11.2. The minimum atomic E-state index is -1.03. The third-order valence-electron chi connectivity index (χ3n) is 8.44. The molecule has 0 atom stereocenters. The van der Waals surface area contributed by atoms with Crippen molar-refractivity contribution in [2.45, 2.75) is 39.5 Å². The SMILES string of the molecule is C#Cc1ccc(NCC2CC2)nc1.Cc1ccc(C(=O)O)cc1N1C=C(c2ccc(NCC3CC3)nc2)NN1.Cc1ccc(C(=O)O)cc1N=[N+]=[N-]. The molecule has 266 valence electrons. The molecule has 0 radical (unpaired) electrons. The van der Waals surface area contributed by atoms with Crippen molar-refractivity contribution in [3.05, 3.63) is 123 Å². The van der Waals surface area contributed by atoms with Gasteiger partial charge in [-0.05, 0) is 117 Å². The van der Waals surface area contributed by atoms with Gasteiger partial charge in [-0.3, -0.25) is 5.01 Å². The second-order valence-corrected chi connectivity index (χ2v) is 12.6. The maximum atomic E-state index is 11.2. The molecule has 2 saturated carbocycles. The van der Waals surface area contributed by atoms with Gasteiger partial charge < -0.3 is 26.3 Å². The van der Waals surface area contributed by atoms with Gasteiger partial charge in [-0.1, -0.05) is 23.2 Å². The molecule has 0 amide bonds. The van der Waals surface area contributed by atoms with Crippen LogP contribution in [-0.2, 0) is 0 Å². The predicted molar refractivity (Wildman–Crippen MR) is 201 cm³/mol. The lowest BCUT2D eigenvalue weighted by atomic mass is 10.1. The number of nitrogens with one attached hydrogen (secondary N) is 4. The summed E-state index contributed by atoms with van der Waals surface area (Å²) in [5.74, 6) is 4.04. The lowest BCUT2D eigenvalue weighted by Gasteiger charge is -2.18. The Bertz CT molecular complexity index is 2010. The van der Waals surface area contributed by atoms with Gasteiger partial charge in [0, 0.05) is 53.4 Å². The van der Waals surface area contributed by atoms with Crippen LogP contribution in [0.1, 0.15) is 68.7 Å². The summed E-state index contributed by atoms with van der Waals surface area (Å²) in [5, 5.41) is 29.6. The van der Waals surface area contributed by atoms with Crippen molar-refractivity contribution >= 4 is 40.6 Å². The smallest absolute Gasteiger partial charge is 0.335 e. The van der Waals surface area contributed by atoms with Crippen molar-refractivity contribution in [2.75, 3.05) is 28.7 Å². The highest BCUT2D eigenvalue weighted by atomic mass is 16.4. The van der Waals surface area contributed by atoms with E-state index in [2.05, 4.69) is 47.5 Å². The van der Waals surface area contributed by atoms with E-state index in [1.807, 2.05) is 43.6 Å². The van der Waals surface area contributed by atoms with Gasteiger partial charge in [-0.25, -0.2) is 19.6 Å².